The van der Waals surface area contributed by atoms with Crippen LogP contribution in [0.5, 0.6) is 11.5 Å². The van der Waals surface area contributed by atoms with Crippen LogP contribution in [-0.2, 0) is 6.42 Å². The Balaban J connectivity index is 2.38. The van der Waals surface area contributed by atoms with E-state index < -0.39 is 17.4 Å². The molecular weight excluding hydrogens is 316 g/mol. The average Bonchev–Trinajstić information content (AvgIpc) is 2.44. The maximum atomic E-state index is 13.9. The normalized spacial score (nSPS) is 10.5. The predicted octanol–water partition coefficient (Wildman–Crippen LogP) is 4.61. The van der Waals surface area contributed by atoms with Crippen LogP contribution in [0.1, 0.15) is 18.1 Å². The van der Waals surface area contributed by atoms with Crippen LogP contribution < -0.4 is 10.5 Å². The Morgan fingerprint density at radius 2 is 1.86 bits per heavy atom. The van der Waals surface area contributed by atoms with Crippen molar-refractivity contribution in [3.05, 3.63) is 58.1 Å². The summed E-state index contributed by atoms with van der Waals surface area (Å²) < 4.78 is 33.1. The molecule has 0 aromatic heterocycles. The molecule has 0 saturated carbocycles. The maximum absolute atomic E-state index is 13.9. The summed E-state index contributed by atoms with van der Waals surface area (Å²) in [6, 6.07) is 6.88. The highest BCUT2D eigenvalue weighted by molar-refractivity contribution is 7.80. The van der Waals surface area contributed by atoms with Crippen LogP contribution in [0.3, 0.4) is 0 Å². The number of hydrogen-bond donors (Lipinski definition) is 1. The molecule has 0 amide bonds. The number of nitrogens with two attached hydrogens (primary N) is 1. The lowest BCUT2D eigenvalue weighted by molar-refractivity contribution is 0.407. The lowest BCUT2D eigenvalue weighted by atomic mass is 10.1. The molecule has 0 atom stereocenters. The first kappa shape index (κ1) is 15.7. The van der Waals surface area contributed by atoms with E-state index in [0.29, 0.717) is 17.2 Å². The summed E-state index contributed by atoms with van der Waals surface area (Å²) in [5.41, 5.74) is 6.29. The minimum Gasteiger partial charge on any atom is -0.451 e. The van der Waals surface area contributed by atoms with Gasteiger partial charge in [0.15, 0.2) is 17.4 Å². The van der Waals surface area contributed by atoms with Crippen LogP contribution in [0.25, 0.3) is 0 Å². The summed E-state index contributed by atoms with van der Waals surface area (Å²) in [4.78, 5) is -0.0842. The first-order valence-corrected chi connectivity index (χ1v) is 6.96. The minimum absolute atomic E-state index is 0.0842. The second kappa shape index (κ2) is 6.37. The maximum Gasteiger partial charge on any atom is 0.198 e. The van der Waals surface area contributed by atoms with E-state index in [4.69, 9.17) is 34.3 Å². The molecule has 6 heteroatoms. The molecule has 0 aliphatic heterocycles. The quantitative estimate of drug-likeness (QED) is 0.833. The highest BCUT2D eigenvalue weighted by atomic mass is 35.5. The molecule has 0 spiro atoms. The van der Waals surface area contributed by atoms with E-state index in [-0.39, 0.29) is 10.6 Å². The van der Waals surface area contributed by atoms with Gasteiger partial charge in [-0.25, -0.2) is 8.78 Å². The van der Waals surface area contributed by atoms with Gasteiger partial charge in [-0.2, -0.15) is 0 Å². The zero-order chi connectivity index (χ0) is 15.6. The summed E-state index contributed by atoms with van der Waals surface area (Å²) >= 11 is 10.7. The fourth-order valence-corrected chi connectivity index (χ4v) is 2.17. The van der Waals surface area contributed by atoms with E-state index in [9.17, 15) is 8.78 Å². The van der Waals surface area contributed by atoms with Crippen molar-refractivity contribution in [3.8, 4) is 11.5 Å². The number of halogens is 3. The molecule has 0 heterocycles. The van der Waals surface area contributed by atoms with E-state index in [2.05, 4.69) is 0 Å². The van der Waals surface area contributed by atoms with Gasteiger partial charge in [0.05, 0.1) is 0 Å². The molecule has 2 nitrogen and oxygen atoms in total. The number of hydrogen-bond acceptors (Lipinski definition) is 2. The van der Waals surface area contributed by atoms with Crippen molar-refractivity contribution in [2.75, 3.05) is 0 Å². The molecule has 0 aliphatic carbocycles. The lowest BCUT2D eigenvalue weighted by Crippen LogP contribution is -2.10. The van der Waals surface area contributed by atoms with E-state index in [1.165, 1.54) is 0 Å². The van der Waals surface area contributed by atoms with Gasteiger partial charge in [0.1, 0.15) is 10.7 Å². The van der Waals surface area contributed by atoms with Crippen molar-refractivity contribution in [1.82, 2.24) is 0 Å². The topological polar surface area (TPSA) is 35.2 Å². The first-order valence-electron chi connectivity index (χ1n) is 6.17. The van der Waals surface area contributed by atoms with Crippen LogP contribution in [0.4, 0.5) is 8.78 Å². The summed E-state index contributed by atoms with van der Waals surface area (Å²) in [6.07, 6.45) is 0.682. The molecule has 2 aromatic carbocycles. The molecule has 0 bridgehead atoms. The van der Waals surface area contributed by atoms with Gasteiger partial charge >= 0.3 is 0 Å². The van der Waals surface area contributed by atoms with Crippen molar-refractivity contribution in [1.29, 1.82) is 0 Å². The highest BCUT2D eigenvalue weighted by Gasteiger charge is 2.15. The van der Waals surface area contributed by atoms with Crippen molar-refractivity contribution in [2.24, 2.45) is 5.73 Å². The third-order valence-electron chi connectivity index (χ3n) is 2.90. The smallest absolute Gasteiger partial charge is 0.198 e. The predicted molar refractivity (Wildman–Crippen MR) is 83.1 cm³/mol. The molecule has 2 aromatic rings. The minimum atomic E-state index is -0.870. The Labute approximate surface area is 131 Å². The summed E-state index contributed by atoms with van der Waals surface area (Å²) in [7, 11) is 0. The van der Waals surface area contributed by atoms with Crippen molar-refractivity contribution in [3.63, 3.8) is 0 Å². The van der Waals surface area contributed by atoms with Crippen molar-refractivity contribution < 1.29 is 13.5 Å². The van der Waals surface area contributed by atoms with Gasteiger partial charge < -0.3 is 10.5 Å². The number of ether oxygens (including phenoxy) is 1. The molecule has 0 saturated heterocycles. The fourth-order valence-electron chi connectivity index (χ4n) is 1.80. The molecule has 0 aliphatic rings. The fraction of sp³-hybridized carbons (Fsp3) is 0.133. The summed E-state index contributed by atoms with van der Waals surface area (Å²) in [6.45, 7) is 1.92. The van der Waals surface area contributed by atoms with Crippen LogP contribution in [0.2, 0.25) is 5.02 Å². The Bertz CT molecular complexity index is 683. The van der Waals surface area contributed by atoms with Gasteiger partial charge in [0.25, 0.3) is 0 Å². The van der Waals surface area contributed by atoms with Crippen LogP contribution in [0.15, 0.2) is 30.3 Å². The monoisotopic (exact) mass is 327 g/mol. The van der Waals surface area contributed by atoms with Gasteiger partial charge in [-0.3, -0.25) is 0 Å². The Morgan fingerprint density at radius 3 is 2.38 bits per heavy atom. The third kappa shape index (κ3) is 3.49. The van der Waals surface area contributed by atoms with Gasteiger partial charge in [-0.1, -0.05) is 30.7 Å². The third-order valence-corrected chi connectivity index (χ3v) is 3.51. The number of benzene rings is 2. The van der Waals surface area contributed by atoms with E-state index in [1.54, 1.807) is 18.2 Å². The van der Waals surface area contributed by atoms with Crippen LogP contribution >= 0.6 is 23.8 Å². The number of rotatable bonds is 4. The SMILES string of the molecule is CCc1cc(Oc2c(F)cc(C(N)=S)cc2F)ccc1Cl. The Morgan fingerprint density at radius 1 is 1.24 bits per heavy atom. The largest absolute Gasteiger partial charge is 0.451 e. The van der Waals surface area contributed by atoms with Crippen LogP contribution in [0, 0.1) is 11.6 Å². The molecule has 21 heavy (non-hydrogen) atoms. The molecular formula is C15H12ClF2NOS. The van der Waals surface area contributed by atoms with Gasteiger partial charge in [-0.15, -0.1) is 0 Å². The average molecular weight is 328 g/mol. The molecule has 0 fully saturated rings. The van der Waals surface area contributed by atoms with Gasteiger partial charge in [-0.05, 0) is 42.3 Å². The van der Waals surface area contributed by atoms with E-state index in [0.717, 1.165) is 17.7 Å². The van der Waals surface area contributed by atoms with Crippen LogP contribution in [-0.4, -0.2) is 4.99 Å². The summed E-state index contributed by atoms with van der Waals surface area (Å²) in [5.74, 6) is -1.94. The second-order valence-corrected chi connectivity index (χ2v) is 5.19. The molecule has 2 N–H and O–H groups in total. The Hall–Kier alpha value is -1.72. The standard InChI is InChI=1S/C15H12ClF2NOS/c1-2-8-5-10(3-4-11(8)16)20-14-12(17)6-9(15(19)21)7-13(14)18/h3-7H,2H2,1H3,(H2,19,21). The second-order valence-electron chi connectivity index (χ2n) is 4.34. The molecule has 2 rings (SSSR count). The number of thiocarbonyl (C=S) groups is 1. The molecule has 110 valence electrons. The lowest BCUT2D eigenvalue weighted by Gasteiger charge is -2.11. The van der Waals surface area contributed by atoms with E-state index in [1.807, 2.05) is 6.92 Å². The zero-order valence-electron chi connectivity index (χ0n) is 11.1. The van der Waals surface area contributed by atoms with E-state index >= 15 is 0 Å². The zero-order valence-corrected chi connectivity index (χ0v) is 12.7. The number of aryl methyl sites for hydroxylation is 1. The van der Waals surface area contributed by atoms with Gasteiger partial charge in [0, 0.05) is 10.6 Å². The first-order chi connectivity index (χ1) is 9.92. The van der Waals surface area contributed by atoms with Crippen molar-refractivity contribution >= 4 is 28.8 Å². The van der Waals surface area contributed by atoms with Crippen molar-refractivity contribution in [2.45, 2.75) is 13.3 Å². The molecule has 0 unspecified atom stereocenters. The Kier molecular flexibility index (Phi) is 4.75. The summed E-state index contributed by atoms with van der Waals surface area (Å²) in [5, 5.41) is 0.578. The highest BCUT2D eigenvalue weighted by Crippen LogP contribution is 2.31. The van der Waals surface area contributed by atoms with Gasteiger partial charge in [0.2, 0.25) is 0 Å². The molecule has 0 radical (unpaired) electrons.